The summed E-state index contributed by atoms with van der Waals surface area (Å²) in [4.78, 5) is 13.7. The number of allylic oxidation sites excluding steroid dienone is 1. The van der Waals surface area contributed by atoms with Crippen LogP contribution in [-0.4, -0.2) is 30.6 Å². The summed E-state index contributed by atoms with van der Waals surface area (Å²) in [6, 6.07) is 10.1. The quantitative estimate of drug-likeness (QED) is 0.531. The van der Waals surface area contributed by atoms with Crippen LogP contribution in [0, 0.1) is 0 Å². The molecule has 0 heterocycles. The minimum absolute atomic E-state index is 0.222. The number of benzene rings is 1. The maximum absolute atomic E-state index is 11.6. The van der Waals surface area contributed by atoms with Crippen molar-refractivity contribution in [2.45, 2.75) is 13.5 Å². The van der Waals surface area contributed by atoms with E-state index in [2.05, 4.69) is 18.7 Å². The fraction of sp³-hybridized carbons (Fsp3) is 0.312. The zero-order valence-electron chi connectivity index (χ0n) is 11.4. The van der Waals surface area contributed by atoms with Crippen molar-refractivity contribution in [2.24, 2.45) is 0 Å². The fourth-order valence-corrected chi connectivity index (χ4v) is 1.66. The van der Waals surface area contributed by atoms with Crippen LogP contribution in [0.25, 0.3) is 0 Å². The molecule has 0 fully saturated rings. The summed E-state index contributed by atoms with van der Waals surface area (Å²) < 4.78 is 5.02. The van der Waals surface area contributed by atoms with Gasteiger partial charge in [0.1, 0.15) is 6.61 Å². The second kappa shape index (κ2) is 9.11. The van der Waals surface area contributed by atoms with Gasteiger partial charge in [-0.15, -0.1) is 0 Å². The van der Waals surface area contributed by atoms with E-state index in [1.54, 1.807) is 6.08 Å². The van der Waals surface area contributed by atoms with Gasteiger partial charge in [0.2, 0.25) is 0 Å². The maximum Gasteiger partial charge on any atom is 0.320 e. The average molecular weight is 259 g/mol. The molecule has 0 bridgehead atoms. The van der Waals surface area contributed by atoms with E-state index < -0.39 is 0 Å². The van der Waals surface area contributed by atoms with E-state index in [1.165, 1.54) is 5.56 Å². The number of nitrogens with zero attached hydrogens (tertiary/aromatic N) is 1. The van der Waals surface area contributed by atoms with Gasteiger partial charge >= 0.3 is 5.97 Å². The Morgan fingerprint density at radius 2 is 2.11 bits per heavy atom. The van der Waals surface area contributed by atoms with Crippen LogP contribution in [0.5, 0.6) is 0 Å². The van der Waals surface area contributed by atoms with Gasteiger partial charge < -0.3 is 4.74 Å². The minimum atomic E-state index is -0.222. The lowest BCUT2D eigenvalue weighted by molar-refractivity contribution is -0.143. The van der Waals surface area contributed by atoms with Gasteiger partial charge in [-0.25, -0.2) is 0 Å². The average Bonchev–Trinajstić information content (AvgIpc) is 2.43. The predicted molar refractivity (Wildman–Crippen MR) is 77.7 cm³/mol. The molecule has 0 aliphatic carbocycles. The van der Waals surface area contributed by atoms with Crippen molar-refractivity contribution in [1.29, 1.82) is 0 Å². The molecule has 3 heteroatoms. The van der Waals surface area contributed by atoms with E-state index in [-0.39, 0.29) is 19.1 Å². The zero-order chi connectivity index (χ0) is 13.9. The number of hydrogen-bond acceptors (Lipinski definition) is 3. The third kappa shape index (κ3) is 6.58. The Bertz CT molecular complexity index is 412. The SMILES string of the molecule is C=CCOC(=O)CN(CC=CC)Cc1ccccc1. The number of ether oxygens (including phenoxy) is 1. The molecule has 1 rings (SSSR count). The number of carbonyl (C=O) groups is 1. The van der Waals surface area contributed by atoms with E-state index >= 15 is 0 Å². The molecular weight excluding hydrogens is 238 g/mol. The van der Waals surface area contributed by atoms with Crippen LogP contribution in [0.1, 0.15) is 12.5 Å². The van der Waals surface area contributed by atoms with E-state index in [1.807, 2.05) is 42.2 Å². The van der Waals surface area contributed by atoms with E-state index in [4.69, 9.17) is 4.74 Å². The Morgan fingerprint density at radius 1 is 1.37 bits per heavy atom. The van der Waals surface area contributed by atoms with E-state index in [9.17, 15) is 4.79 Å². The Labute approximate surface area is 115 Å². The lowest BCUT2D eigenvalue weighted by atomic mass is 10.2. The summed E-state index contributed by atoms with van der Waals surface area (Å²) in [6.45, 7) is 7.51. The topological polar surface area (TPSA) is 29.5 Å². The predicted octanol–water partition coefficient (Wildman–Crippen LogP) is 2.79. The van der Waals surface area contributed by atoms with Crippen molar-refractivity contribution in [3.05, 3.63) is 60.7 Å². The molecule has 0 aliphatic heterocycles. The van der Waals surface area contributed by atoms with Crippen LogP contribution < -0.4 is 0 Å². The monoisotopic (exact) mass is 259 g/mol. The smallest absolute Gasteiger partial charge is 0.320 e. The molecule has 1 aromatic carbocycles. The van der Waals surface area contributed by atoms with Crippen molar-refractivity contribution in [3.8, 4) is 0 Å². The summed E-state index contributed by atoms with van der Waals surface area (Å²) >= 11 is 0. The number of rotatable bonds is 8. The minimum Gasteiger partial charge on any atom is -0.461 e. The molecular formula is C16H21NO2. The third-order valence-corrected chi connectivity index (χ3v) is 2.56. The van der Waals surface area contributed by atoms with E-state index in [0.29, 0.717) is 0 Å². The first-order valence-electron chi connectivity index (χ1n) is 6.40. The Kier molecular flexibility index (Phi) is 7.28. The van der Waals surface area contributed by atoms with Gasteiger partial charge in [-0.05, 0) is 12.5 Å². The van der Waals surface area contributed by atoms with Crippen molar-refractivity contribution >= 4 is 5.97 Å². The summed E-state index contributed by atoms with van der Waals surface area (Å²) in [5.74, 6) is -0.222. The van der Waals surface area contributed by atoms with Gasteiger partial charge in [-0.3, -0.25) is 9.69 Å². The Hall–Kier alpha value is -1.87. The zero-order valence-corrected chi connectivity index (χ0v) is 11.4. The third-order valence-electron chi connectivity index (χ3n) is 2.56. The van der Waals surface area contributed by atoms with Crippen LogP contribution >= 0.6 is 0 Å². The first-order valence-corrected chi connectivity index (χ1v) is 6.40. The highest BCUT2D eigenvalue weighted by atomic mass is 16.5. The van der Waals surface area contributed by atoms with Crippen LogP contribution in [0.3, 0.4) is 0 Å². The summed E-state index contributed by atoms with van der Waals surface area (Å²) in [5.41, 5.74) is 1.18. The summed E-state index contributed by atoms with van der Waals surface area (Å²) in [6.07, 6.45) is 5.59. The van der Waals surface area contributed by atoms with Crippen molar-refractivity contribution in [2.75, 3.05) is 19.7 Å². The van der Waals surface area contributed by atoms with E-state index in [0.717, 1.165) is 13.1 Å². The molecule has 3 nitrogen and oxygen atoms in total. The van der Waals surface area contributed by atoms with Gasteiger partial charge in [0.25, 0.3) is 0 Å². The molecule has 19 heavy (non-hydrogen) atoms. The van der Waals surface area contributed by atoms with Gasteiger partial charge in [0.05, 0.1) is 6.54 Å². The number of hydrogen-bond donors (Lipinski definition) is 0. The number of carbonyl (C=O) groups excluding carboxylic acids is 1. The van der Waals surface area contributed by atoms with Gasteiger partial charge in [-0.1, -0.05) is 55.1 Å². The Morgan fingerprint density at radius 3 is 2.74 bits per heavy atom. The molecule has 0 radical (unpaired) electrons. The summed E-state index contributed by atoms with van der Waals surface area (Å²) in [7, 11) is 0. The number of esters is 1. The molecule has 1 aromatic rings. The van der Waals surface area contributed by atoms with Crippen molar-refractivity contribution < 1.29 is 9.53 Å². The normalized spacial score (nSPS) is 10.8. The standard InChI is InChI=1S/C16H21NO2/c1-3-5-11-17(14-16(18)19-12-4-2)13-15-9-7-6-8-10-15/h3-10H,2,11-14H2,1H3. The van der Waals surface area contributed by atoms with Crippen LogP contribution in [-0.2, 0) is 16.1 Å². The fourth-order valence-electron chi connectivity index (χ4n) is 1.66. The summed E-state index contributed by atoms with van der Waals surface area (Å²) in [5, 5.41) is 0. The molecule has 0 aromatic heterocycles. The Balaban J connectivity index is 2.56. The van der Waals surface area contributed by atoms with Crippen LogP contribution in [0.2, 0.25) is 0 Å². The molecule has 0 amide bonds. The second-order valence-corrected chi connectivity index (χ2v) is 4.20. The van der Waals surface area contributed by atoms with Gasteiger partial charge in [0, 0.05) is 13.1 Å². The first kappa shape index (κ1) is 15.2. The highest BCUT2D eigenvalue weighted by molar-refractivity contribution is 5.71. The molecule has 0 atom stereocenters. The molecule has 0 saturated heterocycles. The molecule has 0 N–H and O–H groups in total. The van der Waals surface area contributed by atoms with Gasteiger partial charge in [-0.2, -0.15) is 0 Å². The lowest BCUT2D eigenvalue weighted by Gasteiger charge is -2.19. The lowest BCUT2D eigenvalue weighted by Crippen LogP contribution is -2.30. The largest absolute Gasteiger partial charge is 0.461 e. The van der Waals surface area contributed by atoms with Gasteiger partial charge in [0.15, 0.2) is 0 Å². The molecule has 0 spiro atoms. The molecule has 102 valence electrons. The highest BCUT2D eigenvalue weighted by Gasteiger charge is 2.10. The second-order valence-electron chi connectivity index (χ2n) is 4.20. The van der Waals surface area contributed by atoms with Crippen molar-refractivity contribution in [3.63, 3.8) is 0 Å². The van der Waals surface area contributed by atoms with Crippen LogP contribution in [0.15, 0.2) is 55.1 Å². The first-order chi connectivity index (χ1) is 9.26. The molecule has 0 unspecified atom stereocenters. The highest BCUT2D eigenvalue weighted by Crippen LogP contribution is 2.04. The molecule has 0 aliphatic rings. The molecule has 0 saturated carbocycles. The van der Waals surface area contributed by atoms with Crippen molar-refractivity contribution in [1.82, 2.24) is 4.90 Å². The van der Waals surface area contributed by atoms with Crippen LogP contribution in [0.4, 0.5) is 0 Å². The maximum atomic E-state index is 11.6.